The lowest BCUT2D eigenvalue weighted by atomic mass is 9.98. The molecule has 1 saturated carbocycles. The van der Waals surface area contributed by atoms with Crippen LogP contribution in [0, 0.1) is 17.2 Å². The molecular formula is C23H23N3O4. The SMILES string of the molecule is C[C@](C#N)(NC(=O)COC(=O)c1ccccc1NC(=O)Cc1ccccc1)C1CC1. The van der Waals surface area contributed by atoms with Gasteiger partial charge >= 0.3 is 5.97 Å². The van der Waals surface area contributed by atoms with Crippen molar-refractivity contribution < 1.29 is 19.1 Å². The first-order valence-corrected chi connectivity index (χ1v) is 9.73. The van der Waals surface area contributed by atoms with Gasteiger partial charge < -0.3 is 15.4 Å². The number of nitrogens with zero attached hydrogens (tertiary/aromatic N) is 1. The molecule has 2 aromatic rings. The van der Waals surface area contributed by atoms with Gasteiger partial charge in [0.1, 0.15) is 5.54 Å². The second-order valence-corrected chi connectivity index (χ2v) is 7.47. The van der Waals surface area contributed by atoms with Crippen molar-refractivity contribution in [3.8, 4) is 6.07 Å². The van der Waals surface area contributed by atoms with Crippen molar-refractivity contribution >= 4 is 23.5 Å². The molecule has 3 rings (SSSR count). The van der Waals surface area contributed by atoms with Crippen LogP contribution in [0.25, 0.3) is 0 Å². The van der Waals surface area contributed by atoms with E-state index >= 15 is 0 Å². The second-order valence-electron chi connectivity index (χ2n) is 7.47. The third-order valence-electron chi connectivity index (χ3n) is 4.99. The van der Waals surface area contributed by atoms with Crippen LogP contribution in [0.4, 0.5) is 5.69 Å². The number of rotatable bonds is 8. The van der Waals surface area contributed by atoms with Gasteiger partial charge in [-0.3, -0.25) is 9.59 Å². The highest BCUT2D eigenvalue weighted by Crippen LogP contribution is 2.39. The fraction of sp³-hybridized carbons (Fsp3) is 0.304. The fourth-order valence-electron chi connectivity index (χ4n) is 3.16. The van der Waals surface area contributed by atoms with E-state index in [2.05, 4.69) is 16.7 Å². The number of anilines is 1. The summed E-state index contributed by atoms with van der Waals surface area (Å²) >= 11 is 0. The summed E-state index contributed by atoms with van der Waals surface area (Å²) in [6.45, 7) is 1.16. The molecule has 2 aromatic carbocycles. The minimum atomic E-state index is -0.952. The van der Waals surface area contributed by atoms with Crippen LogP contribution in [-0.4, -0.2) is 29.9 Å². The van der Waals surface area contributed by atoms with Gasteiger partial charge in [0.25, 0.3) is 5.91 Å². The largest absolute Gasteiger partial charge is 0.452 e. The Labute approximate surface area is 175 Å². The van der Waals surface area contributed by atoms with Gasteiger partial charge in [-0.2, -0.15) is 5.26 Å². The standard InChI is InChI=1S/C23H23N3O4/c1-23(15-24,17-11-12-17)26-21(28)14-30-22(29)18-9-5-6-10-19(18)25-20(27)13-16-7-3-2-4-8-16/h2-10,17H,11-14H2,1H3,(H,25,27)(H,26,28)/t23-/m1/s1. The number of benzene rings is 2. The molecule has 0 bridgehead atoms. The van der Waals surface area contributed by atoms with Crippen molar-refractivity contribution in [1.82, 2.24) is 5.32 Å². The molecule has 30 heavy (non-hydrogen) atoms. The monoisotopic (exact) mass is 405 g/mol. The molecule has 1 atom stereocenters. The van der Waals surface area contributed by atoms with Crippen molar-refractivity contribution in [3.05, 3.63) is 65.7 Å². The van der Waals surface area contributed by atoms with Crippen molar-refractivity contribution in [3.63, 3.8) is 0 Å². The van der Waals surface area contributed by atoms with Crippen molar-refractivity contribution in [2.24, 2.45) is 5.92 Å². The Balaban J connectivity index is 1.58. The highest BCUT2D eigenvalue weighted by Gasteiger charge is 2.43. The van der Waals surface area contributed by atoms with Crippen LogP contribution in [0.2, 0.25) is 0 Å². The number of para-hydroxylation sites is 1. The van der Waals surface area contributed by atoms with E-state index in [-0.39, 0.29) is 23.8 Å². The molecule has 0 heterocycles. The third-order valence-corrected chi connectivity index (χ3v) is 4.99. The zero-order chi connectivity index (χ0) is 21.6. The predicted molar refractivity (Wildman–Crippen MR) is 110 cm³/mol. The zero-order valence-corrected chi connectivity index (χ0v) is 16.7. The summed E-state index contributed by atoms with van der Waals surface area (Å²) in [7, 11) is 0. The zero-order valence-electron chi connectivity index (χ0n) is 16.7. The molecule has 1 aliphatic carbocycles. The normalized spacial score (nSPS) is 14.7. The minimum absolute atomic E-state index is 0.128. The minimum Gasteiger partial charge on any atom is -0.452 e. The number of hydrogen-bond donors (Lipinski definition) is 2. The maximum atomic E-state index is 12.5. The highest BCUT2D eigenvalue weighted by atomic mass is 16.5. The van der Waals surface area contributed by atoms with Crippen LogP contribution in [0.15, 0.2) is 54.6 Å². The van der Waals surface area contributed by atoms with Crippen LogP contribution in [-0.2, 0) is 20.7 Å². The summed E-state index contributed by atoms with van der Waals surface area (Å²) in [6.07, 6.45) is 1.95. The number of nitriles is 1. The van der Waals surface area contributed by atoms with Crippen LogP contribution < -0.4 is 10.6 Å². The Kier molecular flexibility index (Phi) is 6.48. The first-order valence-electron chi connectivity index (χ1n) is 9.73. The molecule has 0 spiro atoms. The lowest BCUT2D eigenvalue weighted by molar-refractivity contribution is -0.125. The van der Waals surface area contributed by atoms with Gasteiger partial charge in [0, 0.05) is 0 Å². The first-order chi connectivity index (χ1) is 14.4. The van der Waals surface area contributed by atoms with Gasteiger partial charge in [0.2, 0.25) is 5.91 Å². The average Bonchev–Trinajstić information content (AvgIpc) is 3.59. The predicted octanol–water partition coefficient (Wildman–Crippen LogP) is 2.83. The molecule has 1 aliphatic rings. The van der Waals surface area contributed by atoms with Crippen LogP contribution in [0.1, 0.15) is 35.7 Å². The van der Waals surface area contributed by atoms with Gasteiger partial charge in [0.15, 0.2) is 6.61 Å². The molecule has 2 N–H and O–H groups in total. The Bertz CT molecular complexity index is 979. The average molecular weight is 405 g/mol. The van der Waals surface area contributed by atoms with E-state index in [9.17, 15) is 19.6 Å². The van der Waals surface area contributed by atoms with E-state index in [1.165, 1.54) is 6.07 Å². The molecule has 7 nitrogen and oxygen atoms in total. The van der Waals surface area contributed by atoms with Gasteiger partial charge in [-0.25, -0.2) is 4.79 Å². The van der Waals surface area contributed by atoms with Crippen molar-refractivity contribution in [2.75, 3.05) is 11.9 Å². The Morgan fingerprint density at radius 2 is 1.73 bits per heavy atom. The molecule has 0 aromatic heterocycles. The Hall–Kier alpha value is -3.66. The van der Waals surface area contributed by atoms with Crippen molar-refractivity contribution in [2.45, 2.75) is 31.7 Å². The molecule has 1 fully saturated rings. The van der Waals surface area contributed by atoms with E-state index in [0.717, 1.165) is 18.4 Å². The molecule has 2 amide bonds. The molecule has 7 heteroatoms. The van der Waals surface area contributed by atoms with Gasteiger partial charge in [0.05, 0.1) is 23.7 Å². The van der Waals surface area contributed by atoms with Crippen LogP contribution in [0.3, 0.4) is 0 Å². The number of amides is 2. The quantitative estimate of drug-likeness (QED) is 0.657. The molecule has 0 unspecified atom stereocenters. The van der Waals surface area contributed by atoms with E-state index < -0.39 is 24.0 Å². The number of nitrogens with one attached hydrogen (secondary N) is 2. The number of esters is 1. The van der Waals surface area contributed by atoms with Crippen molar-refractivity contribution in [1.29, 1.82) is 5.26 Å². The van der Waals surface area contributed by atoms with Gasteiger partial charge in [-0.15, -0.1) is 0 Å². The second kappa shape index (κ2) is 9.23. The van der Waals surface area contributed by atoms with E-state index in [1.807, 2.05) is 30.3 Å². The lowest BCUT2D eigenvalue weighted by Gasteiger charge is -2.22. The third kappa shape index (κ3) is 5.45. The Morgan fingerprint density at radius 3 is 2.40 bits per heavy atom. The first kappa shape index (κ1) is 21.1. The summed E-state index contributed by atoms with van der Waals surface area (Å²) in [5.41, 5.74) is 0.357. The molecular weight excluding hydrogens is 382 g/mol. The highest BCUT2D eigenvalue weighted by molar-refractivity contribution is 6.02. The summed E-state index contributed by atoms with van der Waals surface area (Å²) < 4.78 is 5.11. The smallest absolute Gasteiger partial charge is 0.340 e. The molecule has 0 aliphatic heterocycles. The number of ether oxygens (including phenoxy) is 1. The summed E-state index contributed by atoms with van der Waals surface area (Å²) in [5.74, 6) is -1.41. The van der Waals surface area contributed by atoms with E-state index in [4.69, 9.17) is 4.74 Å². The lowest BCUT2D eigenvalue weighted by Crippen LogP contribution is -2.48. The fourth-order valence-corrected chi connectivity index (χ4v) is 3.16. The van der Waals surface area contributed by atoms with Crippen LogP contribution >= 0.6 is 0 Å². The Morgan fingerprint density at radius 1 is 1.07 bits per heavy atom. The topological polar surface area (TPSA) is 108 Å². The molecule has 154 valence electrons. The number of carbonyl (C=O) groups is 3. The number of hydrogen-bond acceptors (Lipinski definition) is 5. The summed E-state index contributed by atoms with van der Waals surface area (Å²) in [4.78, 5) is 36.9. The maximum Gasteiger partial charge on any atom is 0.340 e. The summed E-state index contributed by atoms with van der Waals surface area (Å²) in [6, 6.07) is 17.8. The van der Waals surface area contributed by atoms with E-state index in [0.29, 0.717) is 5.69 Å². The van der Waals surface area contributed by atoms with E-state index in [1.54, 1.807) is 25.1 Å². The van der Waals surface area contributed by atoms with Gasteiger partial charge in [-0.05, 0) is 43.4 Å². The summed E-state index contributed by atoms with van der Waals surface area (Å²) in [5, 5.41) is 14.7. The van der Waals surface area contributed by atoms with Gasteiger partial charge in [-0.1, -0.05) is 42.5 Å². The maximum absolute atomic E-state index is 12.5. The van der Waals surface area contributed by atoms with Crippen LogP contribution in [0.5, 0.6) is 0 Å². The molecule has 0 radical (unpaired) electrons. The number of carbonyl (C=O) groups excluding carboxylic acids is 3. The molecule has 0 saturated heterocycles.